The van der Waals surface area contributed by atoms with Crippen molar-refractivity contribution >= 4 is 17.6 Å². The number of Topliss-reactive ketones (excluding diaryl/α,β-unsaturated/α-hetero) is 1. The summed E-state index contributed by atoms with van der Waals surface area (Å²) in [4.78, 5) is 39.1. The van der Waals surface area contributed by atoms with Crippen molar-refractivity contribution in [3.8, 4) is 5.69 Å². The van der Waals surface area contributed by atoms with Gasteiger partial charge in [-0.15, -0.1) is 0 Å². The molecule has 32 heavy (non-hydrogen) atoms. The van der Waals surface area contributed by atoms with Crippen molar-refractivity contribution < 1.29 is 27.6 Å². The van der Waals surface area contributed by atoms with Gasteiger partial charge in [0.05, 0.1) is 34.7 Å². The third kappa shape index (κ3) is 5.74. The van der Waals surface area contributed by atoms with Crippen LogP contribution in [-0.4, -0.2) is 50.9 Å². The first-order valence-electron chi connectivity index (χ1n) is 10.0. The Bertz CT molecular complexity index is 1040. The van der Waals surface area contributed by atoms with E-state index in [1.165, 1.54) is 30.7 Å². The van der Waals surface area contributed by atoms with Crippen LogP contribution in [0, 0.1) is 13.8 Å². The van der Waals surface area contributed by atoms with Crippen LogP contribution in [-0.2, 0) is 15.8 Å². The van der Waals surface area contributed by atoms with Crippen LogP contribution >= 0.6 is 0 Å². The maximum Gasteiger partial charge on any atom is 0.416 e. The molecule has 0 aliphatic rings. The summed E-state index contributed by atoms with van der Waals surface area (Å²) in [6.45, 7) is 9.86. The number of amides is 2. The van der Waals surface area contributed by atoms with Crippen molar-refractivity contribution in [3.05, 3.63) is 46.8 Å². The first-order chi connectivity index (χ1) is 14.7. The number of carbonyl (C=O) groups excluding carboxylic acids is 3. The number of alkyl halides is 3. The largest absolute Gasteiger partial charge is 0.416 e. The molecular formula is C22H27F3N4O3. The Morgan fingerprint density at radius 3 is 2.28 bits per heavy atom. The Kier molecular flexibility index (Phi) is 7.16. The van der Waals surface area contributed by atoms with Crippen LogP contribution < -0.4 is 5.32 Å². The molecule has 2 rings (SSSR count). The molecule has 1 aromatic carbocycles. The molecule has 0 bridgehead atoms. The number of aryl methyl sites for hydroxylation is 1. The Hall–Kier alpha value is -3.17. The third-order valence-corrected chi connectivity index (χ3v) is 4.65. The molecule has 0 unspecified atom stereocenters. The molecule has 0 saturated carbocycles. The van der Waals surface area contributed by atoms with Gasteiger partial charge in [-0.2, -0.15) is 18.3 Å². The average molecular weight is 452 g/mol. The van der Waals surface area contributed by atoms with E-state index in [-0.39, 0.29) is 35.7 Å². The van der Waals surface area contributed by atoms with E-state index in [9.17, 15) is 27.6 Å². The van der Waals surface area contributed by atoms with E-state index >= 15 is 0 Å². The molecule has 0 radical (unpaired) electrons. The van der Waals surface area contributed by atoms with Gasteiger partial charge in [0.1, 0.15) is 0 Å². The number of carbonyl (C=O) groups is 3. The van der Waals surface area contributed by atoms with Gasteiger partial charge in [0.15, 0.2) is 0 Å². The van der Waals surface area contributed by atoms with Crippen molar-refractivity contribution in [2.75, 3.05) is 13.1 Å². The van der Waals surface area contributed by atoms with Gasteiger partial charge in [-0.3, -0.25) is 14.4 Å². The predicted octanol–water partition coefficient (Wildman–Crippen LogP) is 3.45. The van der Waals surface area contributed by atoms with E-state index in [2.05, 4.69) is 10.4 Å². The fourth-order valence-electron chi connectivity index (χ4n) is 3.25. The number of ketones is 1. The Morgan fingerprint density at radius 2 is 1.75 bits per heavy atom. The molecule has 0 aliphatic carbocycles. The zero-order valence-electron chi connectivity index (χ0n) is 18.9. The summed E-state index contributed by atoms with van der Waals surface area (Å²) in [5, 5.41) is 6.91. The van der Waals surface area contributed by atoms with Gasteiger partial charge in [0.25, 0.3) is 11.7 Å². The highest BCUT2D eigenvalue weighted by atomic mass is 19.4. The van der Waals surface area contributed by atoms with Gasteiger partial charge in [0, 0.05) is 12.1 Å². The minimum atomic E-state index is -4.53. The van der Waals surface area contributed by atoms with Crippen LogP contribution in [0.25, 0.3) is 5.69 Å². The second-order valence-electron chi connectivity index (χ2n) is 8.45. The van der Waals surface area contributed by atoms with Crippen LogP contribution in [0.2, 0.25) is 0 Å². The molecule has 0 spiro atoms. The number of benzene rings is 1. The van der Waals surface area contributed by atoms with Crippen molar-refractivity contribution in [1.82, 2.24) is 20.0 Å². The first kappa shape index (κ1) is 25.1. The third-order valence-electron chi connectivity index (χ3n) is 4.65. The average Bonchev–Trinajstić information content (AvgIpc) is 2.97. The number of aromatic nitrogens is 2. The molecule has 1 aromatic heterocycles. The summed E-state index contributed by atoms with van der Waals surface area (Å²) in [6, 6.07) is 4.53. The quantitative estimate of drug-likeness (QED) is 0.538. The molecule has 7 nitrogen and oxygen atoms in total. The number of likely N-dealkylation sites (N-methyl/N-ethyl adjacent to an activating group) is 1. The molecule has 0 saturated heterocycles. The van der Waals surface area contributed by atoms with Gasteiger partial charge in [0.2, 0.25) is 5.91 Å². The zero-order valence-corrected chi connectivity index (χ0v) is 18.9. The maximum absolute atomic E-state index is 13.1. The van der Waals surface area contributed by atoms with Crippen molar-refractivity contribution in [1.29, 1.82) is 0 Å². The number of halogens is 3. The molecule has 0 atom stereocenters. The van der Waals surface area contributed by atoms with Crippen LogP contribution in [0.4, 0.5) is 13.2 Å². The number of hydrogen-bond acceptors (Lipinski definition) is 4. The lowest BCUT2D eigenvalue weighted by Crippen LogP contribution is -2.48. The van der Waals surface area contributed by atoms with E-state index in [0.29, 0.717) is 0 Å². The summed E-state index contributed by atoms with van der Waals surface area (Å²) in [5.74, 6) is -2.16. The van der Waals surface area contributed by atoms with E-state index in [1.807, 2.05) is 0 Å². The molecular weight excluding hydrogens is 425 g/mol. The summed E-state index contributed by atoms with van der Waals surface area (Å²) in [6.07, 6.45) is -4.53. The lowest BCUT2D eigenvalue weighted by molar-refractivity contribution is -0.137. The fraction of sp³-hybridized carbons (Fsp3) is 0.455. The monoisotopic (exact) mass is 452 g/mol. The van der Waals surface area contributed by atoms with E-state index in [0.717, 1.165) is 17.0 Å². The summed E-state index contributed by atoms with van der Waals surface area (Å²) in [5.41, 5.74) is -0.800. The summed E-state index contributed by atoms with van der Waals surface area (Å²) >= 11 is 0. The second kappa shape index (κ2) is 9.13. The van der Waals surface area contributed by atoms with E-state index in [1.54, 1.807) is 27.7 Å². The van der Waals surface area contributed by atoms with E-state index in [4.69, 9.17) is 0 Å². The Morgan fingerprint density at radius 1 is 1.12 bits per heavy atom. The van der Waals surface area contributed by atoms with Gasteiger partial charge < -0.3 is 10.2 Å². The highest BCUT2D eigenvalue weighted by molar-refractivity contribution is 6.43. The minimum absolute atomic E-state index is 0.00194. The highest BCUT2D eigenvalue weighted by Crippen LogP contribution is 2.31. The molecule has 10 heteroatoms. The smallest absolute Gasteiger partial charge is 0.350 e. The van der Waals surface area contributed by atoms with Crippen LogP contribution in [0.5, 0.6) is 0 Å². The Balaban J connectivity index is 2.34. The lowest BCUT2D eigenvalue weighted by Gasteiger charge is -2.24. The standard InChI is InChI=1S/C22H27F3N4O3/c1-7-28(12-17(30)26-21(4,5)6)20(32)19(31)18-13(2)27-29(14(18)3)16-10-8-9-15(11-16)22(23,24)25/h8-11H,7,12H2,1-6H3,(H,26,30). The molecule has 1 N–H and O–H groups in total. The van der Waals surface area contributed by atoms with Gasteiger partial charge in [-0.05, 0) is 59.7 Å². The minimum Gasteiger partial charge on any atom is -0.350 e. The molecule has 0 aliphatic heterocycles. The van der Waals surface area contributed by atoms with Crippen LogP contribution in [0.1, 0.15) is 55.0 Å². The van der Waals surface area contributed by atoms with Crippen molar-refractivity contribution in [2.24, 2.45) is 0 Å². The molecule has 174 valence electrons. The van der Waals surface area contributed by atoms with Gasteiger partial charge >= 0.3 is 6.18 Å². The zero-order chi connectivity index (χ0) is 24.4. The number of rotatable bonds is 6. The first-order valence-corrected chi connectivity index (χ1v) is 10.0. The fourth-order valence-corrected chi connectivity index (χ4v) is 3.25. The topological polar surface area (TPSA) is 84.3 Å². The van der Waals surface area contributed by atoms with Crippen molar-refractivity contribution in [3.63, 3.8) is 0 Å². The second-order valence-corrected chi connectivity index (χ2v) is 8.45. The SMILES string of the molecule is CCN(CC(=O)NC(C)(C)C)C(=O)C(=O)c1c(C)nn(-c2cccc(C(F)(F)F)c2)c1C. The number of nitrogens with one attached hydrogen (secondary N) is 1. The molecule has 0 fully saturated rings. The molecule has 2 aromatic rings. The predicted molar refractivity (Wildman–Crippen MR) is 113 cm³/mol. The lowest BCUT2D eigenvalue weighted by atomic mass is 10.1. The summed E-state index contributed by atoms with van der Waals surface area (Å²) < 4.78 is 40.4. The molecule has 1 heterocycles. The van der Waals surface area contributed by atoms with E-state index < -0.39 is 34.9 Å². The highest BCUT2D eigenvalue weighted by Gasteiger charge is 2.32. The Labute approximate surface area is 184 Å². The number of nitrogens with zero attached hydrogens (tertiary/aromatic N) is 3. The summed E-state index contributed by atoms with van der Waals surface area (Å²) in [7, 11) is 0. The van der Waals surface area contributed by atoms with Crippen molar-refractivity contribution in [2.45, 2.75) is 53.3 Å². The maximum atomic E-state index is 13.1. The normalized spacial score (nSPS) is 11.9. The molecule has 2 amide bonds. The van der Waals surface area contributed by atoms with Crippen LogP contribution in [0.15, 0.2) is 24.3 Å². The van der Waals surface area contributed by atoms with Gasteiger partial charge in [-0.25, -0.2) is 4.68 Å². The van der Waals surface area contributed by atoms with Gasteiger partial charge in [-0.1, -0.05) is 6.07 Å². The van der Waals surface area contributed by atoms with Crippen LogP contribution in [0.3, 0.4) is 0 Å². The number of hydrogen-bond donors (Lipinski definition) is 1.